The molecule has 3 atom stereocenters. The van der Waals surface area contributed by atoms with E-state index in [2.05, 4.69) is 12.2 Å². The third kappa shape index (κ3) is 4.07. The maximum atomic E-state index is 12.3. The topological polar surface area (TPSA) is 49.3 Å². The fourth-order valence-corrected chi connectivity index (χ4v) is 3.43. The van der Waals surface area contributed by atoms with E-state index in [-0.39, 0.29) is 30.4 Å². The summed E-state index contributed by atoms with van der Waals surface area (Å²) in [6.45, 7) is 2.29. The van der Waals surface area contributed by atoms with E-state index in [0.717, 1.165) is 25.2 Å². The first-order valence-corrected chi connectivity index (χ1v) is 7.82. The molecule has 1 amide bonds. The Labute approximate surface area is 116 Å². The number of nitrogens with one attached hydrogen (secondary N) is 1. The molecule has 0 aromatic carbocycles. The van der Waals surface area contributed by atoms with Gasteiger partial charge in [0.05, 0.1) is 0 Å². The summed E-state index contributed by atoms with van der Waals surface area (Å²) in [4.78, 5) is 12.3. The second-order valence-electron chi connectivity index (χ2n) is 6.17. The highest BCUT2D eigenvalue weighted by Gasteiger charge is 2.26. The fraction of sp³-hybridized carbons (Fsp3) is 0.812. The molecule has 2 aliphatic carbocycles. The molecule has 2 rings (SSSR count). The zero-order valence-electron chi connectivity index (χ0n) is 12.0. The van der Waals surface area contributed by atoms with E-state index in [9.17, 15) is 4.79 Å². The van der Waals surface area contributed by atoms with E-state index < -0.39 is 0 Å². The summed E-state index contributed by atoms with van der Waals surface area (Å²) in [5.41, 5.74) is 0. The van der Waals surface area contributed by atoms with Crippen molar-refractivity contribution in [2.45, 2.75) is 57.9 Å². The second kappa shape index (κ2) is 7.09. The molecule has 1 unspecified atom stereocenters. The lowest BCUT2D eigenvalue weighted by Crippen LogP contribution is -2.38. The number of aliphatic hydroxyl groups is 1. The molecule has 2 N–H and O–H groups in total. The van der Waals surface area contributed by atoms with Crippen LogP contribution in [0.25, 0.3) is 0 Å². The molecule has 0 heterocycles. The van der Waals surface area contributed by atoms with E-state index in [4.69, 9.17) is 5.11 Å². The van der Waals surface area contributed by atoms with Crippen molar-refractivity contribution in [3.63, 3.8) is 0 Å². The van der Waals surface area contributed by atoms with Crippen LogP contribution in [-0.2, 0) is 4.79 Å². The van der Waals surface area contributed by atoms with Gasteiger partial charge in [-0.05, 0) is 25.2 Å². The molecule has 3 nitrogen and oxygen atoms in total. The van der Waals surface area contributed by atoms with Gasteiger partial charge >= 0.3 is 0 Å². The van der Waals surface area contributed by atoms with Gasteiger partial charge in [-0.3, -0.25) is 4.79 Å². The van der Waals surface area contributed by atoms with Crippen molar-refractivity contribution in [3.05, 3.63) is 12.2 Å². The molecular weight excluding hydrogens is 238 g/mol. The van der Waals surface area contributed by atoms with Gasteiger partial charge < -0.3 is 10.4 Å². The standard InChI is InChI=1S/C16H27NO2/c1-2-14(9-12-5-3-4-6-12)16(19)17-15-8-7-13(10-15)11-18/h7-8,12-15,18H,2-6,9-11H2,1H3,(H,17,19)/t13-,14?,15+/m0/s1. The average molecular weight is 265 g/mol. The number of amides is 1. The summed E-state index contributed by atoms with van der Waals surface area (Å²) < 4.78 is 0. The predicted octanol–water partition coefficient (Wildman–Crippen LogP) is 2.65. The molecule has 0 aromatic rings. The van der Waals surface area contributed by atoms with Crippen molar-refractivity contribution in [1.82, 2.24) is 5.32 Å². The molecule has 19 heavy (non-hydrogen) atoms. The summed E-state index contributed by atoms with van der Waals surface area (Å²) >= 11 is 0. The Morgan fingerprint density at radius 1 is 1.37 bits per heavy atom. The Morgan fingerprint density at radius 3 is 2.68 bits per heavy atom. The molecule has 108 valence electrons. The van der Waals surface area contributed by atoms with Gasteiger partial charge in [0.25, 0.3) is 0 Å². The van der Waals surface area contributed by atoms with Crippen molar-refractivity contribution >= 4 is 5.91 Å². The van der Waals surface area contributed by atoms with Crippen molar-refractivity contribution in [2.75, 3.05) is 6.61 Å². The van der Waals surface area contributed by atoms with Gasteiger partial charge in [0.15, 0.2) is 0 Å². The first-order chi connectivity index (χ1) is 9.22. The fourth-order valence-electron chi connectivity index (χ4n) is 3.43. The number of hydrogen-bond acceptors (Lipinski definition) is 2. The van der Waals surface area contributed by atoms with Crippen LogP contribution in [0.4, 0.5) is 0 Å². The SMILES string of the molecule is CCC(CC1CCCC1)C(=O)N[C@@H]1C=C[C@H](CO)C1. The maximum absolute atomic E-state index is 12.3. The Kier molecular flexibility index (Phi) is 5.44. The molecule has 0 spiro atoms. The molecule has 0 radical (unpaired) electrons. The number of carbonyl (C=O) groups is 1. The van der Waals surface area contributed by atoms with Crippen molar-refractivity contribution in [2.24, 2.45) is 17.8 Å². The zero-order valence-corrected chi connectivity index (χ0v) is 12.0. The number of hydrogen-bond donors (Lipinski definition) is 2. The highest BCUT2D eigenvalue weighted by molar-refractivity contribution is 5.79. The second-order valence-corrected chi connectivity index (χ2v) is 6.17. The minimum atomic E-state index is 0.127. The van der Waals surface area contributed by atoms with Crippen molar-refractivity contribution in [1.29, 1.82) is 0 Å². The predicted molar refractivity (Wildman–Crippen MR) is 76.6 cm³/mol. The highest BCUT2D eigenvalue weighted by Crippen LogP contribution is 2.31. The number of rotatable bonds is 6. The van der Waals surface area contributed by atoms with Gasteiger partial charge in [0.2, 0.25) is 5.91 Å². The van der Waals surface area contributed by atoms with Crippen LogP contribution in [0.15, 0.2) is 12.2 Å². The molecule has 0 bridgehead atoms. The Bertz CT molecular complexity index is 321. The van der Waals surface area contributed by atoms with Crippen LogP contribution in [0, 0.1) is 17.8 Å². The molecule has 2 aliphatic rings. The van der Waals surface area contributed by atoms with Gasteiger partial charge in [0.1, 0.15) is 0 Å². The molecule has 0 aromatic heterocycles. The van der Waals surface area contributed by atoms with Gasteiger partial charge in [-0.1, -0.05) is 44.8 Å². The molecule has 3 heteroatoms. The Morgan fingerprint density at radius 2 is 2.11 bits per heavy atom. The smallest absolute Gasteiger partial charge is 0.223 e. The highest BCUT2D eigenvalue weighted by atomic mass is 16.3. The minimum absolute atomic E-state index is 0.127. The first kappa shape index (κ1) is 14.6. The van der Waals surface area contributed by atoms with Crippen LogP contribution in [-0.4, -0.2) is 23.7 Å². The molecular formula is C16H27NO2. The van der Waals surface area contributed by atoms with Crippen molar-refractivity contribution in [3.8, 4) is 0 Å². The van der Waals surface area contributed by atoms with E-state index in [0.29, 0.717) is 0 Å². The van der Waals surface area contributed by atoms with Gasteiger partial charge in [0, 0.05) is 24.5 Å². The summed E-state index contributed by atoms with van der Waals surface area (Å²) in [5, 5.41) is 12.2. The Balaban J connectivity index is 1.78. The quantitative estimate of drug-likeness (QED) is 0.725. The normalized spacial score (nSPS) is 28.7. The van der Waals surface area contributed by atoms with E-state index in [1.165, 1.54) is 25.7 Å². The largest absolute Gasteiger partial charge is 0.396 e. The van der Waals surface area contributed by atoms with E-state index in [1.807, 2.05) is 12.2 Å². The summed E-state index contributed by atoms with van der Waals surface area (Å²) in [6.07, 6.45) is 12.2. The molecule has 1 fully saturated rings. The zero-order chi connectivity index (χ0) is 13.7. The molecule has 1 saturated carbocycles. The van der Waals surface area contributed by atoms with Crippen molar-refractivity contribution < 1.29 is 9.90 Å². The van der Waals surface area contributed by atoms with Gasteiger partial charge in [-0.25, -0.2) is 0 Å². The van der Waals surface area contributed by atoms with Crippen LogP contribution in [0.5, 0.6) is 0 Å². The average Bonchev–Trinajstić information content (AvgIpc) is 3.06. The number of aliphatic hydroxyl groups excluding tert-OH is 1. The van der Waals surface area contributed by atoms with Crippen LogP contribution in [0.1, 0.15) is 51.9 Å². The molecule has 0 aliphatic heterocycles. The lowest BCUT2D eigenvalue weighted by molar-refractivity contribution is -0.126. The monoisotopic (exact) mass is 265 g/mol. The lowest BCUT2D eigenvalue weighted by Gasteiger charge is -2.21. The van der Waals surface area contributed by atoms with Crippen LogP contribution in [0.3, 0.4) is 0 Å². The summed E-state index contributed by atoms with van der Waals surface area (Å²) in [5.74, 6) is 1.37. The third-order valence-corrected chi connectivity index (χ3v) is 4.69. The van der Waals surface area contributed by atoms with Gasteiger partial charge in [-0.15, -0.1) is 0 Å². The van der Waals surface area contributed by atoms with Crippen LogP contribution in [0.2, 0.25) is 0 Å². The van der Waals surface area contributed by atoms with Crippen LogP contribution >= 0.6 is 0 Å². The lowest BCUT2D eigenvalue weighted by atomic mass is 9.90. The van der Waals surface area contributed by atoms with E-state index >= 15 is 0 Å². The minimum Gasteiger partial charge on any atom is -0.396 e. The number of carbonyl (C=O) groups excluding carboxylic acids is 1. The molecule has 0 saturated heterocycles. The third-order valence-electron chi connectivity index (χ3n) is 4.69. The first-order valence-electron chi connectivity index (χ1n) is 7.82. The maximum Gasteiger partial charge on any atom is 0.223 e. The van der Waals surface area contributed by atoms with Crippen LogP contribution < -0.4 is 5.32 Å². The van der Waals surface area contributed by atoms with E-state index in [1.54, 1.807) is 0 Å². The Hall–Kier alpha value is -0.830. The summed E-state index contributed by atoms with van der Waals surface area (Å²) in [6, 6.07) is 0.127. The summed E-state index contributed by atoms with van der Waals surface area (Å²) in [7, 11) is 0. The van der Waals surface area contributed by atoms with Gasteiger partial charge in [-0.2, -0.15) is 0 Å².